The third kappa shape index (κ3) is 2.60. The van der Waals surface area contributed by atoms with Crippen LogP contribution < -0.4 is 14.4 Å². The van der Waals surface area contributed by atoms with Crippen molar-refractivity contribution in [1.82, 2.24) is 0 Å². The number of hydrogen-bond donors (Lipinski definition) is 0. The molecule has 0 N–H and O–H groups in total. The molecule has 0 atom stereocenters. The maximum atomic E-state index is 11.9. The average molecular weight is 299 g/mol. The SMILES string of the molecule is COc1ccc(OC)c(N2C(=O)CS(=O)(=O)CC2=O)c1. The number of anilines is 1. The van der Waals surface area contributed by atoms with Crippen LogP contribution >= 0.6 is 0 Å². The van der Waals surface area contributed by atoms with E-state index in [9.17, 15) is 18.0 Å². The summed E-state index contributed by atoms with van der Waals surface area (Å²) in [6.45, 7) is 0. The van der Waals surface area contributed by atoms with E-state index in [1.54, 1.807) is 6.07 Å². The zero-order valence-corrected chi connectivity index (χ0v) is 11.8. The first kappa shape index (κ1) is 14.3. The summed E-state index contributed by atoms with van der Waals surface area (Å²) in [5.41, 5.74) is 0.178. The second-order valence-electron chi connectivity index (χ2n) is 4.19. The summed E-state index contributed by atoms with van der Waals surface area (Å²) in [5, 5.41) is 0. The van der Waals surface area contributed by atoms with E-state index >= 15 is 0 Å². The zero-order chi connectivity index (χ0) is 14.9. The van der Waals surface area contributed by atoms with E-state index in [1.165, 1.54) is 26.4 Å². The van der Waals surface area contributed by atoms with Crippen LogP contribution in [-0.4, -0.2) is 46.0 Å². The van der Waals surface area contributed by atoms with Crippen molar-refractivity contribution >= 4 is 27.3 Å². The van der Waals surface area contributed by atoms with Gasteiger partial charge in [0.25, 0.3) is 0 Å². The van der Waals surface area contributed by atoms with Crippen LogP contribution in [0.25, 0.3) is 0 Å². The van der Waals surface area contributed by atoms with Gasteiger partial charge in [0.1, 0.15) is 23.0 Å². The van der Waals surface area contributed by atoms with Crippen LogP contribution in [-0.2, 0) is 19.4 Å². The molecule has 108 valence electrons. The van der Waals surface area contributed by atoms with E-state index in [1.807, 2.05) is 0 Å². The quantitative estimate of drug-likeness (QED) is 0.729. The summed E-state index contributed by atoms with van der Waals surface area (Å²) >= 11 is 0. The number of carbonyl (C=O) groups is 2. The highest BCUT2D eigenvalue weighted by Gasteiger charge is 2.37. The van der Waals surface area contributed by atoms with Crippen LogP contribution in [0, 0.1) is 0 Å². The molecule has 8 heteroatoms. The Bertz CT molecular complexity index is 643. The molecule has 2 amide bonds. The van der Waals surface area contributed by atoms with Crippen molar-refractivity contribution in [2.24, 2.45) is 0 Å². The number of methoxy groups -OCH3 is 2. The molecule has 0 saturated carbocycles. The molecule has 2 rings (SSSR count). The third-order valence-corrected chi connectivity index (χ3v) is 4.19. The van der Waals surface area contributed by atoms with Gasteiger partial charge in [-0.1, -0.05) is 0 Å². The van der Waals surface area contributed by atoms with Gasteiger partial charge in [0.15, 0.2) is 9.84 Å². The van der Waals surface area contributed by atoms with Gasteiger partial charge in [0, 0.05) is 6.07 Å². The molecule has 1 aromatic carbocycles. The number of imide groups is 1. The molecule has 7 nitrogen and oxygen atoms in total. The fourth-order valence-electron chi connectivity index (χ4n) is 1.94. The molecular formula is C12H13NO6S. The summed E-state index contributed by atoms with van der Waals surface area (Å²) in [7, 11) is -0.840. The summed E-state index contributed by atoms with van der Waals surface area (Å²) in [6.07, 6.45) is 0. The second kappa shape index (κ2) is 5.12. The van der Waals surface area contributed by atoms with Gasteiger partial charge < -0.3 is 9.47 Å². The van der Waals surface area contributed by atoms with Gasteiger partial charge in [-0.15, -0.1) is 0 Å². The Morgan fingerprint density at radius 1 is 1.05 bits per heavy atom. The topological polar surface area (TPSA) is 90.0 Å². The number of amides is 2. The number of rotatable bonds is 3. The van der Waals surface area contributed by atoms with E-state index < -0.39 is 33.2 Å². The van der Waals surface area contributed by atoms with Crippen LogP contribution in [0.2, 0.25) is 0 Å². The predicted octanol–water partition coefficient (Wildman–Crippen LogP) is -0.00820. The molecule has 0 radical (unpaired) electrons. The standard InChI is InChI=1S/C12H13NO6S/c1-18-8-3-4-10(19-2)9(5-8)13-11(14)6-20(16,17)7-12(13)15/h3-5H,6-7H2,1-2H3. The van der Waals surface area contributed by atoms with Crippen LogP contribution in [0.5, 0.6) is 11.5 Å². The maximum absolute atomic E-state index is 11.9. The van der Waals surface area contributed by atoms with Gasteiger partial charge in [0.05, 0.1) is 19.9 Å². The summed E-state index contributed by atoms with van der Waals surface area (Å²) in [6, 6.07) is 4.60. The van der Waals surface area contributed by atoms with Crippen molar-refractivity contribution in [1.29, 1.82) is 0 Å². The normalized spacial score (nSPS) is 18.0. The van der Waals surface area contributed by atoms with Crippen LogP contribution in [0.15, 0.2) is 18.2 Å². The van der Waals surface area contributed by atoms with Crippen molar-refractivity contribution in [3.8, 4) is 11.5 Å². The molecule has 1 aliphatic heterocycles. The van der Waals surface area contributed by atoms with E-state index in [-0.39, 0.29) is 11.4 Å². The molecule has 1 fully saturated rings. The van der Waals surface area contributed by atoms with Crippen LogP contribution in [0.4, 0.5) is 5.69 Å². The van der Waals surface area contributed by atoms with Crippen molar-refractivity contribution in [3.05, 3.63) is 18.2 Å². The number of carbonyl (C=O) groups excluding carboxylic acids is 2. The molecule has 0 unspecified atom stereocenters. The minimum Gasteiger partial charge on any atom is -0.497 e. The summed E-state index contributed by atoms with van der Waals surface area (Å²) in [5.74, 6) is -2.28. The lowest BCUT2D eigenvalue weighted by Crippen LogP contribution is -2.49. The number of benzene rings is 1. The molecule has 1 saturated heterocycles. The fraction of sp³-hybridized carbons (Fsp3) is 0.333. The second-order valence-corrected chi connectivity index (χ2v) is 6.26. The lowest BCUT2D eigenvalue weighted by Gasteiger charge is -2.26. The Balaban J connectivity index is 2.50. The molecule has 0 spiro atoms. The first-order chi connectivity index (χ1) is 9.38. The van der Waals surface area contributed by atoms with E-state index in [4.69, 9.17) is 9.47 Å². The molecule has 0 aromatic heterocycles. The van der Waals surface area contributed by atoms with Crippen molar-refractivity contribution in [2.45, 2.75) is 0 Å². The van der Waals surface area contributed by atoms with E-state index in [0.29, 0.717) is 5.75 Å². The van der Waals surface area contributed by atoms with Crippen molar-refractivity contribution in [3.63, 3.8) is 0 Å². The highest BCUT2D eigenvalue weighted by molar-refractivity contribution is 7.93. The molecule has 1 aromatic rings. The summed E-state index contributed by atoms with van der Waals surface area (Å²) < 4.78 is 32.9. The predicted molar refractivity (Wildman–Crippen MR) is 70.7 cm³/mol. The molecule has 20 heavy (non-hydrogen) atoms. The van der Waals surface area contributed by atoms with Gasteiger partial charge >= 0.3 is 0 Å². The lowest BCUT2D eigenvalue weighted by atomic mass is 10.2. The zero-order valence-electron chi connectivity index (χ0n) is 11.0. The largest absolute Gasteiger partial charge is 0.497 e. The monoisotopic (exact) mass is 299 g/mol. The highest BCUT2D eigenvalue weighted by atomic mass is 32.2. The number of hydrogen-bond acceptors (Lipinski definition) is 6. The Morgan fingerprint density at radius 2 is 1.65 bits per heavy atom. The van der Waals surface area contributed by atoms with Gasteiger partial charge in [-0.2, -0.15) is 0 Å². The molecule has 0 aliphatic carbocycles. The maximum Gasteiger partial charge on any atom is 0.249 e. The smallest absolute Gasteiger partial charge is 0.249 e. The van der Waals surface area contributed by atoms with Crippen molar-refractivity contribution < 1.29 is 27.5 Å². The molecule has 1 aliphatic rings. The first-order valence-electron chi connectivity index (χ1n) is 5.66. The van der Waals surface area contributed by atoms with Gasteiger partial charge in [-0.05, 0) is 12.1 Å². The van der Waals surface area contributed by atoms with E-state index in [2.05, 4.69) is 0 Å². The number of nitrogens with zero attached hydrogens (tertiary/aromatic N) is 1. The van der Waals surface area contributed by atoms with Gasteiger partial charge in [-0.25, -0.2) is 13.3 Å². The summed E-state index contributed by atoms with van der Waals surface area (Å²) in [4.78, 5) is 24.7. The Hall–Kier alpha value is -2.09. The Kier molecular flexibility index (Phi) is 3.67. The number of sulfone groups is 1. The average Bonchev–Trinajstić information content (AvgIpc) is 2.36. The first-order valence-corrected chi connectivity index (χ1v) is 7.48. The van der Waals surface area contributed by atoms with Crippen LogP contribution in [0.1, 0.15) is 0 Å². The Labute approximate surface area is 116 Å². The molecule has 0 bridgehead atoms. The Morgan fingerprint density at radius 3 is 2.15 bits per heavy atom. The molecule has 1 heterocycles. The third-order valence-electron chi connectivity index (χ3n) is 2.81. The van der Waals surface area contributed by atoms with Crippen LogP contribution in [0.3, 0.4) is 0 Å². The van der Waals surface area contributed by atoms with Gasteiger partial charge in [0.2, 0.25) is 11.8 Å². The highest BCUT2D eigenvalue weighted by Crippen LogP contribution is 2.33. The minimum absolute atomic E-state index is 0.178. The van der Waals surface area contributed by atoms with E-state index in [0.717, 1.165) is 4.90 Å². The fourth-order valence-corrected chi connectivity index (χ4v) is 3.05. The molecular weight excluding hydrogens is 286 g/mol. The van der Waals surface area contributed by atoms with Crippen molar-refractivity contribution in [2.75, 3.05) is 30.6 Å². The van der Waals surface area contributed by atoms with Gasteiger partial charge in [-0.3, -0.25) is 9.59 Å². The number of ether oxygens (including phenoxy) is 2. The lowest BCUT2D eigenvalue weighted by molar-refractivity contribution is -0.124. The minimum atomic E-state index is -3.67.